The van der Waals surface area contributed by atoms with E-state index in [1.165, 1.54) is 30.4 Å². The molecule has 0 saturated carbocycles. The Labute approximate surface area is 98.0 Å². The van der Waals surface area contributed by atoms with Crippen LogP contribution in [0.4, 0.5) is 0 Å². The Balaban J connectivity index is 1.88. The SMILES string of the molecule is CNCc1ccc(CC2CCOCC2)cc1. The second-order valence-electron chi connectivity index (χ2n) is 4.61. The smallest absolute Gasteiger partial charge is 0.0468 e. The first-order valence-electron chi connectivity index (χ1n) is 6.18. The van der Waals surface area contributed by atoms with Crippen LogP contribution in [-0.2, 0) is 17.7 Å². The molecule has 16 heavy (non-hydrogen) atoms. The van der Waals surface area contributed by atoms with Crippen molar-refractivity contribution in [3.63, 3.8) is 0 Å². The molecule has 1 saturated heterocycles. The van der Waals surface area contributed by atoms with Crippen molar-refractivity contribution in [1.82, 2.24) is 5.32 Å². The summed E-state index contributed by atoms with van der Waals surface area (Å²) < 4.78 is 5.38. The van der Waals surface area contributed by atoms with Crippen molar-refractivity contribution in [3.05, 3.63) is 35.4 Å². The van der Waals surface area contributed by atoms with Crippen molar-refractivity contribution in [1.29, 1.82) is 0 Å². The first-order valence-corrected chi connectivity index (χ1v) is 6.18. The van der Waals surface area contributed by atoms with Gasteiger partial charge in [-0.3, -0.25) is 0 Å². The molecule has 0 radical (unpaired) electrons. The highest BCUT2D eigenvalue weighted by atomic mass is 16.5. The fraction of sp³-hybridized carbons (Fsp3) is 0.571. The summed E-state index contributed by atoms with van der Waals surface area (Å²) in [6.07, 6.45) is 3.65. The Morgan fingerprint density at radius 1 is 1.12 bits per heavy atom. The fourth-order valence-corrected chi connectivity index (χ4v) is 2.28. The summed E-state index contributed by atoms with van der Waals surface area (Å²) in [6, 6.07) is 8.99. The summed E-state index contributed by atoms with van der Waals surface area (Å²) >= 11 is 0. The lowest BCUT2D eigenvalue weighted by molar-refractivity contribution is 0.0665. The molecule has 0 atom stereocenters. The van der Waals surface area contributed by atoms with E-state index in [0.717, 1.165) is 25.7 Å². The molecule has 2 rings (SSSR count). The highest BCUT2D eigenvalue weighted by Gasteiger charge is 2.13. The molecular formula is C14H21NO. The maximum absolute atomic E-state index is 5.38. The van der Waals surface area contributed by atoms with Crippen LogP contribution >= 0.6 is 0 Å². The molecule has 1 aliphatic heterocycles. The third-order valence-corrected chi connectivity index (χ3v) is 3.27. The number of rotatable bonds is 4. The zero-order valence-corrected chi connectivity index (χ0v) is 10.0. The molecule has 88 valence electrons. The number of benzene rings is 1. The predicted octanol–water partition coefficient (Wildman–Crippen LogP) is 2.38. The average Bonchev–Trinajstić information content (AvgIpc) is 2.33. The summed E-state index contributed by atoms with van der Waals surface area (Å²) in [4.78, 5) is 0. The number of hydrogen-bond acceptors (Lipinski definition) is 2. The van der Waals surface area contributed by atoms with E-state index in [2.05, 4.69) is 29.6 Å². The molecule has 0 spiro atoms. The molecular weight excluding hydrogens is 198 g/mol. The van der Waals surface area contributed by atoms with Crippen LogP contribution in [0.1, 0.15) is 24.0 Å². The molecule has 1 aromatic carbocycles. The molecule has 1 aliphatic rings. The van der Waals surface area contributed by atoms with E-state index >= 15 is 0 Å². The Morgan fingerprint density at radius 2 is 1.75 bits per heavy atom. The maximum Gasteiger partial charge on any atom is 0.0468 e. The zero-order chi connectivity index (χ0) is 11.2. The minimum atomic E-state index is 0.823. The average molecular weight is 219 g/mol. The van der Waals surface area contributed by atoms with Crippen molar-refractivity contribution in [2.24, 2.45) is 5.92 Å². The monoisotopic (exact) mass is 219 g/mol. The summed E-state index contributed by atoms with van der Waals surface area (Å²) in [7, 11) is 1.98. The van der Waals surface area contributed by atoms with E-state index in [0.29, 0.717) is 0 Å². The second-order valence-corrected chi connectivity index (χ2v) is 4.61. The first-order chi connectivity index (χ1) is 7.88. The Kier molecular flexibility index (Phi) is 4.37. The van der Waals surface area contributed by atoms with Crippen molar-refractivity contribution < 1.29 is 4.74 Å². The largest absolute Gasteiger partial charge is 0.381 e. The van der Waals surface area contributed by atoms with E-state index < -0.39 is 0 Å². The van der Waals surface area contributed by atoms with Gasteiger partial charge < -0.3 is 10.1 Å². The number of hydrogen-bond donors (Lipinski definition) is 1. The van der Waals surface area contributed by atoms with Gasteiger partial charge in [0.2, 0.25) is 0 Å². The molecule has 1 aromatic rings. The number of ether oxygens (including phenoxy) is 1. The Bertz CT molecular complexity index is 301. The summed E-state index contributed by atoms with van der Waals surface area (Å²) in [5, 5.41) is 3.17. The lowest BCUT2D eigenvalue weighted by Gasteiger charge is -2.22. The third-order valence-electron chi connectivity index (χ3n) is 3.27. The van der Waals surface area contributed by atoms with Gasteiger partial charge in [-0.1, -0.05) is 24.3 Å². The van der Waals surface area contributed by atoms with Gasteiger partial charge in [-0.15, -0.1) is 0 Å². The van der Waals surface area contributed by atoms with Crippen molar-refractivity contribution in [3.8, 4) is 0 Å². The van der Waals surface area contributed by atoms with E-state index in [4.69, 9.17) is 4.74 Å². The molecule has 0 aliphatic carbocycles. The van der Waals surface area contributed by atoms with Crippen LogP contribution in [0.5, 0.6) is 0 Å². The Hall–Kier alpha value is -0.860. The molecule has 2 nitrogen and oxygen atoms in total. The van der Waals surface area contributed by atoms with Gasteiger partial charge in [0.05, 0.1) is 0 Å². The highest BCUT2D eigenvalue weighted by Crippen LogP contribution is 2.20. The van der Waals surface area contributed by atoms with Gasteiger partial charge >= 0.3 is 0 Å². The van der Waals surface area contributed by atoms with Crippen LogP contribution < -0.4 is 5.32 Å². The normalized spacial score (nSPS) is 17.6. The van der Waals surface area contributed by atoms with E-state index in [1.807, 2.05) is 7.05 Å². The quantitative estimate of drug-likeness (QED) is 0.839. The van der Waals surface area contributed by atoms with Gasteiger partial charge in [-0.2, -0.15) is 0 Å². The zero-order valence-electron chi connectivity index (χ0n) is 10.0. The van der Waals surface area contributed by atoms with Crippen LogP contribution in [0.3, 0.4) is 0 Å². The van der Waals surface area contributed by atoms with Gasteiger partial charge in [0.15, 0.2) is 0 Å². The minimum Gasteiger partial charge on any atom is -0.381 e. The van der Waals surface area contributed by atoms with Crippen LogP contribution in [-0.4, -0.2) is 20.3 Å². The fourth-order valence-electron chi connectivity index (χ4n) is 2.28. The topological polar surface area (TPSA) is 21.3 Å². The van der Waals surface area contributed by atoms with Gasteiger partial charge in [0, 0.05) is 19.8 Å². The molecule has 0 amide bonds. The summed E-state index contributed by atoms with van der Waals surface area (Å²) in [5.74, 6) is 0.823. The van der Waals surface area contributed by atoms with Gasteiger partial charge in [-0.25, -0.2) is 0 Å². The molecule has 0 unspecified atom stereocenters. The van der Waals surface area contributed by atoms with Crippen LogP contribution in [0, 0.1) is 5.92 Å². The van der Waals surface area contributed by atoms with Crippen LogP contribution in [0.2, 0.25) is 0 Å². The van der Waals surface area contributed by atoms with Gasteiger partial charge in [-0.05, 0) is 43.4 Å². The third kappa shape index (κ3) is 3.32. The standard InChI is InChI=1S/C14H21NO/c1-15-11-14-4-2-12(3-5-14)10-13-6-8-16-9-7-13/h2-5,13,15H,6-11H2,1H3. The first kappa shape index (κ1) is 11.6. The molecule has 1 fully saturated rings. The molecule has 1 N–H and O–H groups in total. The van der Waals surface area contributed by atoms with Crippen molar-refractivity contribution in [2.45, 2.75) is 25.8 Å². The number of nitrogens with one attached hydrogen (secondary N) is 1. The molecule has 2 heteroatoms. The minimum absolute atomic E-state index is 0.823. The van der Waals surface area contributed by atoms with Crippen molar-refractivity contribution in [2.75, 3.05) is 20.3 Å². The lowest BCUT2D eigenvalue weighted by atomic mass is 9.92. The van der Waals surface area contributed by atoms with E-state index in [1.54, 1.807) is 0 Å². The Morgan fingerprint density at radius 3 is 2.38 bits per heavy atom. The maximum atomic E-state index is 5.38. The highest BCUT2D eigenvalue weighted by molar-refractivity contribution is 5.22. The predicted molar refractivity (Wildman–Crippen MR) is 66.5 cm³/mol. The van der Waals surface area contributed by atoms with Crippen LogP contribution in [0.15, 0.2) is 24.3 Å². The lowest BCUT2D eigenvalue weighted by Crippen LogP contribution is -2.17. The van der Waals surface area contributed by atoms with E-state index in [-0.39, 0.29) is 0 Å². The summed E-state index contributed by atoms with van der Waals surface area (Å²) in [5.41, 5.74) is 2.82. The molecule has 0 aromatic heterocycles. The molecule has 1 heterocycles. The van der Waals surface area contributed by atoms with Crippen LogP contribution in [0.25, 0.3) is 0 Å². The summed E-state index contributed by atoms with van der Waals surface area (Å²) in [6.45, 7) is 2.85. The van der Waals surface area contributed by atoms with Gasteiger partial charge in [0.1, 0.15) is 0 Å². The van der Waals surface area contributed by atoms with Gasteiger partial charge in [0.25, 0.3) is 0 Å². The van der Waals surface area contributed by atoms with Crippen molar-refractivity contribution >= 4 is 0 Å². The van der Waals surface area contributed by atoms with E-state index in [9.17, 15) is 0 Å². The molecule has 0 bridgehead atoms. The second kappa shape index (κ2) is 6.02.